The first-order chi connectivity index (χ1) is 8.24. The minimum absolute atomic E-state index is 0.0251. The van der Waals surface area contributed by atoms with Crippen LogP contribution in [0.1, 0.15) is 26.7 Å². The Kier molecular flexibility index (Phi) is 2.27. The van der Waals surface area contributed by atoms with Gasteiger partial charge in [0.2, 0.25) is 0 Å². The second kappa shape index (κ2) is 3.36. The molecule has 6 heteroatoms. The van der Waals surface area contributed by atoms with Crippen molar-refractivity contribution in [2.45, 2.75) is 44.1 Å². The van der Waals surface area contributed by atoms with Gasteiger partial charge in [-0.15, -0.1) is 0 Å². The number of hydrogen-bond donors (Lipinski definition) is 0. The van der Waals surface area contributed by atoms with E-state index in [1.807, 2.05) is 6.92 Å². The molecular weight excluding hydrogens is 256 g/mol. The van der Waals surface area contributed by atoms with Gasteiger partial charge >= 0.3 is 5.97 Å². The van der Waals surface area contributed by atoms with Gasteiger partial charge in [-0.1, -0.05) is 13.5 Å². The molecule has 5 unspecified atom stereocenters. The summed E-state index contributed by atoms with van der Waals surface area (Å²) in [4.78, 5) is 11.6. The van der Waals surface area contributed by atoms with Gasteiger partial charge in [-0.05, 0) is 19.8 Å². The molecule has 1 heterocycles. The third-order valence-corrected chi connectivity index (χ3v) is 6.21. The van der Waals surface area contributed by atoms with Crippen LogP contribution >= 0.6 is 0 Å². The summed E-state index contributed by atoms with van der Waals surface area (Å²) < 4.78 is 34.4. The lowest BCUT2D eigenvalue weighted by atomic mass is 9.82. The van der Waals surface area contributed by atoms with Crippen molar-refractivity contribution in [3.8, 4) is 0 Å². The van der Waals surface area contributed by atoms with E-state index in [9.17, 15) is 13.2 Å². The summed E-state index contributed by atoms with van der Waals surface area (Å²) in [5.41, 5.74) is 0.00327. The van der Waals surface area contributed by atoms with Crippen LogP contribution in [0.2, 0.25) is 0 Å². The molecule has 1 aliphatic heterocycles. The zero-order valence-corrected chi connectivity index (χ0v) is 11.2. The predicted octanol–water partition coefficient (Wildman–Crippen LogP) is 1.00. The molecule has 3 aliphatic rings. The molecule has 0 radical (unpaired) electrons. The number of hydrogen-bond acceptors (Lipinski definition) is 5. The Balaban J connectivity index is 1.95. The fraction of sp³-hybridized carbons (Fsp3) is 0.750. The number of carbonyl (C=O) groups is 1. The standard InChI is InChI=1S/C12H16O5S/c1-6(2)11(13)16-10-9-7-4-12(10,3)5-8(7)17-18(9,14)15/h7-10H,1,4-5H2,2-3H3. The van der Waals surface area contributed by atoms with Crippen LogP contribution in [0.25, 0.3) is 0 Å². The zero-order valence-electron chi connectivity index (χ0n) is 10.4. The number of carbonyl (C=O) groups excluding carboxylic acids is 1. The average Bonchev–Trinajstić information content (AvgIpc) is 2.72. The van der Waals surface area contributed by atoms with Crippen molar-refractivity contribution in [1.29, 1.82) is 0 Å². The quantitative estimate of drug-likeness (QED) is 0.426. The second-order valence-electron chi connectivity index (χ2n) is 5.92. The highest BCUT2D eigenvalue weighted by Gasteiger charge is 2.70. The van der Waals surface area contributed by atoms with Crippen molar-refractivity contribution in [1.82, 2.24) is 0 Å². The van der Waals surface area contributed by atoms with Crippen molar-refractivity contribution in [3.05, 3.63) is 12.2 Å². The second-order valence-corrected chi connectivity index (χ2v) is 7.65. The van der Waals surface area contributed by atoms with Crippen LogP contribution in [0.5, 0.6) is 0 Å². The molecule has 1 saturated heterocycles. The maximum absolute atomic E-state index is 11.9. The summed E-state index contributed by atoms with van der Waals surface area (Å²) in [6.07, 6.45) is 0.567. The molecule has 0 aromatic rings. The highest BCUT2D eigenvalue weighted by atomic mass is 32.2. The average molecular weight is 272 g/mol. The van der Waals surface area contributed by atoms with E-state index in [0.29, 0.717) is 6.42 Å². The Morgan fingerprint density at radius 1 is 1.44 bits per heavy atom. The maximum atomic E-state index is 11.9. The van der Waals surface area contributed by atoms with Crippen LogP contribution in [-0.4, -0.2) is 31.8 Å². The lowest BCUT2D eigenvalue weighted by Crippen LogP contribution is -2.43. The van der Waals surface area contributed by atoms with Crippen LogP contribution in [0, 0.1) is 11.3 Å². The Morgan fingerprint density at radius 3 is 2.72 bits per heavy atom. The lowest BCUT2D eigenvalue weighted by molar-refractivity contribution is -0.149. The van der Waals surface area contributed by atoms with Gasteiger partial charge in [-0.3, -0.25) is 4.18 Å². The Hall–Kier alpha value is -0.880. The number of esters is 1. The molecule has 2 bridgehead atoms. The van der Waals surface area contributed by atoms with Crippen LogP contribution in [0.15, 0.2) is 12.2 Å². The molecule has 0 N–H and O–H groups in total. The number of rotatable bonds is 2. The van der Waals surface area contributed by atoms with Gasteiger partial charge in [0.25, 0.3) is 10.1 Å². The molecule has 2 saturated carbocycles. The van der Waals surface area contributed by atoms with Crippen LogP contribution < -0.4 is 0 Å². The van der Waals surface area contributed by atoms with Crippen LogP contribution in [0.4, 0.5) is 0 Å². The summed E-state index contributed by atoms with van der Waals surface area (Å²) in [5, 5.41) is -0.690. The summed E-state index contributed by atoms with van der Waals surface area (Å²) in [5.74, 6) is -0.546. The van der Waals surface area contributed by atoms with Gasteiger partial charge in [-0.2, -0.15) is 8.42 Å². The Labute approximate surface area is 106 Å². The minimum atomic E-state index is -3.60. The molecule has 5 atom stereocenters. The third kappa shape index (κ3) is 1.42. The fourth-order valence-electron chi connectivity index (χ4n) is 3.68. The number of ether oxygens (including phenoxy) is 1. The van der Waals surface area contributed by atoms with E-state index in [1.165, 1.54) is 0 Å². The largest absolute Gasteiger partial charge is 0.457 e. The van der Waals surface area contributed by atoms with E-state index in [4.69, 9.17) is 8.92 Å². The molecule has 0 aromatic heterocycles. The zero-order chi connectivity index (χ0) is 13.3. The monoisotopic (exact) mass is 272 g/mol. The highest BCUT2D eigenvalue weighted by Crippen LogP contribution is 2.62. The molecule has 3 rings (SSSR count). The first-order valence-corrected chi connectivity index (χ1v) is 7.50. The van der Waals surface area contributed by atoms with Crippen molar-refractivity contribution >= 4 is 16.1 Å². The van der Waals surface area contributed by atoms with Crippen molar-refractivity contribution < 1.29 is 22.1 Å². The molecule has 2 aliphatic carbocycles. The molecule has 100 valence electrons. The van der Waals surface area contributed by atoms with E-state index in [1.54, 1.807) is 6.92 Å². The van der Waals surface area contributed by atoms with Gasteiger partial charge in [-0.25, -0.2) is 4.79 Å². The number of fused-ring (bicyclic) bond motifs is 1. The first kappa shape index (κ1) is 12.2. The lowest BCUT2D eigenvalue weighted by Gasteiger charge is -2.32. The molecule has 0 aromatic carbocycles. The van der Waals surface area contributed by atoms with Crippen LogP contribution in [-0.2, 0) is 23.8 Å². The normalized spacial score (nSPS) is 47.2. The molecular formula is C12H16O5S. The summed E-state index contributed by atoms with van der Waals surface area (Å²) in [6, 6.07) is 0. The van der Waals surface area contributed by atoms with Gasteiger partial charge in [0, 0.05) is 16.9 Å². The van der Waals surface area contributed by atoms with Gasteiger partial charge in [0.05, 0.1) is 6.10 Å². The van der Waals surface area contributed by atoms with E-state index in [0.717, 1.165) is 6.42 Å². The SMILES string of the molecule is C=C(C)C(=O)OC1C2C3CC1(C)CC3OS2(=O)=O. The molecule has 3 fully saturated rings. The van der Waals surface area contributed by atoms with Crippen molar-refractivity contribution in [2.75, 3.05) is 0 Å². The Bertz CT molecular complexity index is 533. The minimum Gasteiger partial charge on any atom is -0.457 e. The molecule has 5 nitrogen and oxygen atoms in total. The van der Waals surface area contributed by atoms with Crippen molar-refractivity contribution in [3.63, 3.8) is 0 Å². The molecule has 18 heavy (non-hydrogen) atoms. The summed E-state index contributed by atoms with van der Waals surface area (Å²) >= 11 is 0. The Morgan fingerprint density at radius 2 is 2.11 bits per heavy atom. The predicted molar refractivity (Wildman–Crippen MR) is 63.1 cm³/mol. The first-order valence-electron chi connectivity index (χ1n) is 6.03. The van der Waals surface area contributed by atoms with Crippen molar-refractivity contribution in [2.24, 2.45) is 11.3 Å². The van der Waals surface area contributed by atoms with E-state index in [2.05, 4.69) is 6.58 Å². The molecule has 0 spiro atoms. The van der Waals surface area contributed by atoms with Gasteiger partial charge < -0.3 is 4.74 Å². The van der Waals surface area contributed by atoms with E-state index < -0.39 is 27.4 Å². The van der Waals surface area contributed by atoms with Crippen LogP contribution in [0.3, 0.4) is 0 Å². The maximum Gasteiger partial charge on any atom is 0.333 e. The summed E-state index contributed by atoms with van der Waals surface area (Å²) in [7, 11) is -3.60. The van der Waals surface area contributed by atoms with Gasteiger partial charge in [0.15, 0.2) is 0 Å². The summed E-state index contributed by atoms with van der Waals surface area (Å²) in [6.45, 7) is 7.05. The van der Waals surface area contributed by atoms with Gasteiger partial charge in [0.1, 0.15) is 11.4 Å². The smallest absolute Gasteiger partial charge is 0.333 e. The van der Waals surface area contributed by atoms with E-state index in [-0.39, 0.29) is 23.0 Å². The molecule has 0 amide bonds. The third-order valence-electron chi connectivity index (χ3n) is 4.43. The van der Waals surface area contributed by atoms with E-state index >= 15 is 0 Å². The highest BCUT2D eigenvalue weighted by molar-refractivity contribution is 7.87. The topological polar surface area (TPSA) is 69.7 Å². The fourth-order valence-corrected chi connectivity index (χ4v) is 5.75.